The van der Waals surface area contributed by atoms with Crippen LogP contribution in [0.3, 0.4) is 0 Å². The zero-order valence-electron chi connectivity index (χ0n) is 10.8. The second kappa shape index (κ2) is 7.62. The van der Waals surface area contributed by atoms with Crippen LogP contribution in [0.5, 0.6) is 0 Å². The molecule has 0 radical (unpaired) electrons. The molecule has 0 bridgehead atoms. The molecule has 0 unspecified atom stereocenters. The molecule has 18 heavy (non-hydrogen) atoms. The molecule has 0 fully saturated rings. The van der Waals surface area contributed by atoms with Crippen LogP contribution in [-0.2, 0) is 11.2 Å². The Morgan fingerprint density at radius 1 is 1.28 bits per heavy atom. The molecule has 0 aromatic heterocycles. The fourth-order valence-electron chi connectivity index (χ4n) is 1.34. The monoisotopic (exact) mass is 291 g/mol. The molecule has 0 heterocycles. The third kappa shape index (κ3) is 6.24. The van der Waals surface area contributed by atoms with Gasteiger partial charge in [-0.25, -0.2) is 9.63 Å². The van der Waals surface area contributed by atoms with Gasteiger partial charge in [0.2, 0.25) is 0 Å². The lowest BCUT2D eigenvalue weighted by molar-refractivity contribution is 0.00695. The molecule has 3 nitrogen and oxygen atoms in total. The van der Waals surface area contributed by atoms with E-state index in [0.29, 0.717) is 12.1 Å². The summed E-state index contributed by atoms with van der Waals surface area (Å²) < 4.78 is 5.27. The van der Waals surface area contributed by atoms with E-state index in [4.69, 9.17) is 16.5 Å². The summed E-state index contributed by atoms with van der Waals surface area (Å²) in [4.78, 5) is 14.3. The number of carbonyl (C=O) groups is 1. The SMILES string of the molecule is CC(C)(C)OC(=O)c1ccc(CCNCl)cc1.Cl. The molecule has 1 aromatic carbocycles. The highest BCUT2D eigenvalue weighted by Gasteiger charge is 2.17. The van der Waals surface area contributed by atoms with Crippen LogP contribution < -0.4 is 4.84 Å². The standard InChI is InChI=1S/C13H18ClNO2.ClH/c1-13(2,3)17-12(16)11-6-4-10(5-7-11)8-9-15-14;/h4-7,15H,8-9H2,1-3H3;1H. The molecule has 5 heteroatoms. The van der Waals surface area contributed by atoms with Crippen molar-refractivity contribution in [3.63, 3.8) is 0 Å². The molecule has 0 atom stereocenters. The maximum absolute atomic E-state index is 11.7. The summed E-state index contributed by atoms with van der Waals surface area (Å²) in [7, 11) is 0. The highest BCUT2D eigenvalue weighted by atomic mass is 35.5. The first-order valence-electron chi connectivity index (χ1n) is 5.58. The molecule has 1 aromatic rings. The van der Waals surface area contributed by atoms with Crippen molar-refractivity contribution in [2.45, 2.75) is 32.8 Å². The fraction of sp³-hybridized carbons (Fsp3) is 0.462. The molecule has 0 spiro atoms. The average Bonchev–Trinajstić information content (AvgIpc) is 2.24. The van der Waals surface area contributed by atoms with Crippen molar-refractivity contribution in [2.75, 3.05) is 6.54 Å². The van der Waals surface area contributed by atoms with Gasteiger partial charge in [-0.05, 0) is 56.7 Å². The van der Waals surface area contributed by atoms with Gasteiger partial charge in [0.1, 0.15) is 5.60 Å². The van der Waals surface area contributed by atoms with Gasteiger partial charge < -0.3 is 4.74 Å². The number of rotatable bonds is 4. The van der Waals surface area contributed by atoms with Gasteiger partial charge in [0.05, 0.1) is 5.56 Å². The summed E-state index contributed by atoms with van der Waals surface area (Å²) in [5, 5.41) is 0. The van der Waals surface area contributed by atoms with Crippen molar-refractivity contribution in [2.24, 2.45) is 0 Å². The Bertz CT molecular complexity index is 372. The molecule has 0 amide bonds. The van der Waals surface area contributed by atoms with Crippen molar-refractivity contribution >= 4 is 30.2 Å². The van der Waals surface area contributed by atoms with E-state index < -0.39 is 5.60 Å². The largest absolute Gasteiger partial charge is 0.456 e. The zero-order valence-corrected chi connectivity index (χ0v) is 12.4. The number of esters is 1. The maximum Gasteiger partial charge on any atom is 0.338 e. The van der Waals surface area contributed by atoms with Gasteiger partial charge in [0, 0.05) is 6.54 Å². The van der Waals surface area contributed by atoms with Crippen LogP contribution >= 0.6 is 24.2 Å². The molecular weight excluding hydrogens is 273 g/mol. The summed E-state index contributed by atoms with van der Waals surface area (Å²) in [6.07, 6.45) is 0.831. The van der Waals surface area contributed by atoms with Crippen molar-refractivity contribution in [1.29, 1.82) is 0 Å². The molecule has 1 N–H and O–H groups in total. The van der Waals surface area contributed by atoms with E-state index in [0.717, 1.165) is 12.0 Å². The minimum absolute atomic E-state index is 0. The topological polar surface area (TPSA) is 38.3 Å². The van der Waals surface area contributed by atoms with Gasteiger partial charge >= 0.3 is 5.97 Å². The van der Waals surface area contributed by atoms with E-state index in [1.54, 1.807) is 12.1 Å². The third-order valence-corrected chi connectivity index (χ3v) is 2.29. The Balaban J connectivity index is 0.00000289. The van der Waals surface area contributed by atoms with Gasteiger partial charge in [-0.3, -0.25) is 0 Å². The number of carbonyl (C=O) groups excluding carboxylic acids is 1. The van der Waals surface area contributed by atoms with Crippen LogP contribution in [0.1, 0.15) is 36.7 Å². The molecule has 0 aliphatic carbocycles. The van der Waals surface area contributed by atoms with E-state index in [9.17, 15) is 4.79 Å². The second-order valence-electron chi connectivity index (χ2n) is 4.83. The predicted molar refractivity (Wildman–Crippen MR) is 76.4 cm³/mol. The summed E-state index contributed by atoms with van der Waals surface area (Å²) in [6.45, 7) is 6.26. The lowest BCUT2D eigenvalue weighted by Gasteiger charge is -2.19. The number of benzene rings is 1. The van der Waals surface area contributed by atoms with Crippen molar-refractivity contribution < 1.29 is 9.53 Å². The Hall–Kier alpha value is -0.770. The molecular formula is C13H19Cl2NO2. The van der Waals surface area contributed by atoms with E-state index in [-0.39, 0.29) is 18.4 Å². The second-order valence-corrected chi connectivity index (χ2v) is 5.10. The quantitative estimate of drug-likeness (QED) is 0.683. The van der Waals surface area contributed by atoms with Crippen LogP contribution in [0.4, 0.5) is 0 Å². The first kappa shape index (κ1) is 17.2. The summed E-state index contributed by atoms with van der Waals surface area (Å²) in [5.41, 5.74) is 1.24. The number of nitrogens with one attached hydrogen (secondary N) is 1. The fourth-order valence-corrected chi connectivity index (χ4v) is 1.43. The Morgan fingerprint density at radius 2 is 1.83 bits per heavy atom. The van der Waals surface area contributed by atoms with Crippen LogP contribution in [0.25, 0.3) is 0 Å². The molecule has 0 aliphatic rings. The first-order chi connectivity index (χ1) is 7.92. The molecule has 102 valence electrons. The van der Waals surface area contributed by atoms with Gasteiger partial charge in [-0.2, -0.15) is 0 Å². The minimum Gasteiger partial charge on any atom is -0.456 e. The van der Waals surface area contributed by atoms with E-state index in [1.807, 2.05) is 32.9 Å². The van der Waals surface area contributed by atoms with Crippen LogP contribution in [0.2, 0.25) is 0 Å². The Morgan fingerprint density at radius 3 is 2.28 bits per heavy atom. The number of halogens is 2. The van der Waals surface area contributed by atoms with Crippen LogP contribution in [0, 0.1) is 0 Å². The van der Waals surface area contributed by atoms with Crippen molar-refractivity contribution in [1.82, 2.24) is 4.84 Å². The van der Waals surface area contributed by atoms with Crippen LogP contribution in [-0.4, -0.2) is 18.1 Å². The van der Waals surface area contributed by atoms with Gasteiger partial charge in [0.15, 0.2) is 0 Å². The van der Waals surface area contributed by atoms with Gasteiger partial charge in [-0.1, -0.05) is 12.1 Å². The van der Waals surface area contributed by atoms with E-state index >= 15 is 0 Å². The number of ether oxygens (including phenoxy) is 1. The van der Waals surface area contributed by atoms with Crippen molar-refractivity contribution in [3.05, 3.63) is 35.4 Å². The zero-order chi connectivity index (χ0) is 12.9. The molecule has 0 saturated heterocycles. The average molecular weight is 292 g/mol. The minimum atomic E-state index is -0.460. The normalized spacial score (nSPS) is 10.7. The first-order valence-corrected chi connectivity index (χ1v) is 5.96. The molecule has 0 saturated carbocycles. The summed E-state index contributed by atoms with van der Waals surface area (Å²) in [6, 6.07) is 7.37. The lowest BCUT2D eigenvalue weighted by Crippen LogP contribution is -2.23. The number of hydrogen-bond donors (Lipinski definition) is 1. The smallest absolute Gasteiger partial charge is 0.338 e. The Labute approximate surface area is 119 Å². The number of hydrogen-bond acceptors (Lipinski definition) is 3. The van der Waals surface area contributed by atoms with Gasteiger partial charge in [0.25, 0.3) is 0 Å². The van der Waals surface area contributed by atoms with E-state index in [1.165, 1.54) is 0 Å². The summed E-state index contributed by atoms with van der Waals surface area (Å²) >= 11 is 5.38. The summed E-state index contributed by atoms with van der Waals surface area (Å²) in [5.74, 6) is -0.292. The van der Waals surface area contributed by atoms with Gasteiger partial charge in [-0.15, -0.1) is 12.4 Å². The van der Waals surface area contributed by atoms with E-state index in [2.05, 4.69) is 4.84 Å². The predicted octanol–water partition coefficient (Wildman–Crippen LogP) is 3.35. The highest BCUT2D eigenvalue weighted by Crippen LogP contribution is 2.13. The van der Waals surface area contributed by atoms with Crippen LogP contribution in [0.15, 0.2) is 24.3 Å². The third-order valence-electron chi connectivity index (χ3n) is 2.10. The maximum atomic E-state index is 11.7. The highest BCUT2D eigenvalue weighted by molar-refractivity contribution is 6.13. The Kier molecular flexibility index (Phi) is 7.29. The molecule has 0 aliphatic heterocycles. The lowest BCUT2D eigenvalue weighted by atomic mass is 10.1. The van der Waals surface area contributed by atoms with Crippen molar-refractivity contribution in [3.8, 4) is 0 Å². The molecule has 1 rings (SSSR count).